The predicted octanol–water partition coefficient (Wildman–Crippen LogP) is 1.04. The molecule has 1 saturated heterocycles. The van der Waals surface area contributed by atoms with Crippen molar-refractivity contribution in [2.45, 2.75) is 38.1 Å². The second-order valence-electron chi connectivity index (χ2n) is 3.88. The van der Waals surface area contributed by atoms with E-state index in [0.717, 1.165) is 25.1 Å². The van der Waals surface area contributed by atoms with Crippen molar-refractivity contribution in [2.24, 2.45) is 0 Å². The van der Waals surface area contributed by atoms with E-state index in [0.29, 0.717) is 6.04 Å². The molecule has 1 atom stereocenters. The van der Waals surface area contributed by atoms with Gasteiger partial charge in [0.1, 0.15) is 0 Å². The van der Waals surface area contributed by atoms with Crippen LogP contribution in [0.2, 0.25) is 0 Å². The van der Waals surface area contributed by atoms with Gasteiger partial charge in [-0.2, -0.15) is 0 Å². The van der Waals surface area contributed by atoms with Crippen molar-refractivity contribution in [1.82, 2.24) is 10.5 Å². The van der Waals surface area contributed by atoms with Crippen molar-refractivity contribution in [3.63, 3.8) is 0 Å². The van der Waals surface area contributed by atoms with Gasteiger partial charge >= 0.3 is 5.63 Å². The Bertz CT molecular complexity index is 323. The summed E-state index contributed by atoms with van der Waals surface area (Å²) in [6.07, 6.45) is 5.83. The Morgan fingerprint density at radius 3 is 3.07 bits per heavy atom. The van der Waals surface area contributed by atoms with Gasteiger partial charge in [-0.1, -0.05) is 6.42 Å². The fourth-order valence-electron chi connectivity index (χ4n) is 1.94. The minimum absolute atomic E-state index is 0.281. The molecule has 4 heteroatoms. The molecule has 1 aliphatic rings. The molecule has 1 aromatic rings. The third-order valence-corrected chi connectivity index (χ3v) is 2.75. The van der Waals surface area contributed by atoms with Gasteiger partial charge in [0.05, 0.1) is 5.69 Å². The van der Waals surface area contributed by atoms with Gasteiger partial charge in [0.15, 0.2) is 0 Å². The molecule has 0 bridgehead atoms. The van der Waals surface area contributed by atoms with Crippen LogP contribution in [0.1, 0.15) is 31.4 Å². The van der Waals surface area contributed by atoms with Crippen LogP contribution in [0.25, 0.3) is 0 Å². The average Bonchev–Trinajstić information content (AvgIpc) is 2.63. The Hall–Kier alpha value is -1.03. The molecule has 14 heavy (non-hydrogen) atoms. The first-order chi connectivity index (χ1) is 6.84. The summed E-state index contributed by atoms with van der Waals surface area (Å²) >= 11 is 0. The molecule has 0 amide bonds. The van der Waals surface area contributed by atoms with Gasteiger partial charge in [-0.05, 0) is 32.2 Å². The van der Waals surface area contributed by atoms with E-state index in [2.05, 4.69) is 15.0 Å². The van der Waals surface area contributed by atoms with Crippen molar-refractivity contribution in [3.8, 4) is 0 Å². The fraction of sp³-hybridized carbons (Fsp3) is 0.700. The van der Waals surface area contributed by atoms with Crippen LogP contribution >= 0.6 is 0 Å². The molecule has 0 radical (unpaired) electrons. The molecule has 2 heterocycles. The third-order valence-electron chi connectivity index (χ3n) is 2.75. The second kappa shape index (κ2) is 4.46. The fourth-order valence-corrected chi connectivity index (χ4v) is 1.94. The first-order valence-electron chi connectivity index (χ1n) is 5.25. The number of hydrogen-bond donors (Lipinski definition) is 2. The van der Waals surface area contributed by atoms with Crippen LogP contribution in [0, 0.1) is 0 Å². The van der Waals surface area contributed by atoms with E-state index >= 15 is 0 Å². The van der Waals surface area contributed by atoms with Crippen LogP contribution in [0.4, 0.5) is 0 Å². The molecule has 0 aliphatic carbocycles. The van der Waals surface area contributed by atoms with E-state index < -0.39 is 0 Å². The third kappa shape index (κ3) is 2.48. The summed E-state index contributed by atoms with van der Waals surface area (Å²) in [6, 6.07) is 2.14. The van der Waals surface area contributed by atoms with Gasteiger partial charge in [-0.25, -0.2) is 9.95 Å². The van der Waals surface area contributed by atoms with Gasteiger partial charge in [0, 0.05) is 12.1 Å². The van der Waals surface area contributed by atoms with Crippen LogP contribution in [0.15, 0.2) is 15.4 Å². The van der Waals surface area contributed by atoms with E-state index in [4.69, 9.17) is 0 Å². The minimum atomic E-state index is -0.281. The lowest BCUT2D eigenvalue weighted by atomic mass is 10.00. The van der Waals surface area contributed by atoms with Crippen LogP contribution in [0.5, 0.6) is 0 Å². The van der Waals surface area contributed by atoms with Crippen molar-refractivity contribution in [2.75, 3.05) is 6.54 Å². The SMILES string of the molecule is O=c1cc(CCC2CCCCN2)[nH]o1. The van der Waals surface area contributed by atoms with E-state index in [-0.39, 0.29) is 5.63 Å². The lowest BCUT2D eigenvalue weighted by Crippen LogP contribution is -2.34. The molecule has 1 aromatic heterocycles. The highest BCUT2D eigenvalue weighted by molar-refractivity contribution is 4.96. The minimum Gasteiger partial charge on any atom is -0.339 e. The Balaban J connectivity index is 1.78. The Labute approximate surface area is 82.7 Å². The topological polar surface area (TPSA) is 58.0 Å². The van der Waals surface area contributed by atoms with E-state index in [1.807, 2.05) is 0 Å². The molecule has 0 saturated carbocycles. The number of rotatable bonds is 3. The molecule has 1 unspecified atom stereocenters. The van der Waals surface area contributed by atoms with Crippen LogP contribution in [-0.2, 0) is 6.42 Å². The van der Waals surface area contributed by atoms with Crippen molar-refractivity contribution < 1.29 is 4.52 Å². The molecule has 2 N–H and O–H groups in total. The highest BCUT2D eigenvalue weighted by atomic mass is 16.5. The van der Waals surface area contributed by atoms with E-state index in [1.54, 1.807) is 0 Å². The summed E-state index contributed by atoms with van der Waals surface area (Å²) in [7, 11) is 0. The van der Waals surface area contributed by atoms with Crippen molar-refractivity contribution in [1.29, 1.82) is 0 Å². The number of aromatic amines is 1. The zero-order valence-corrected chi connectivity index (χ0v) is 8.21. The molecule has 2 rings (SSSR count). The van der Waals surface area contributed by atoms with Gasteiger partial charge in [-0.3, -0.25) is 0 Å². The average molecular weight is 196 g/mol. The molecular formula is C10H16N2O2. The zero-order chi connectivity index (χ0) is 9.80. The molecule has 0 aromatic carbocycles. The number of aryl methyl sites for hydroxylation is 1. The standard InChI is InChI=1S/C10H16N2O2/c13-10-7-9(12-14-10)5-4-8-3-1-2-6-11-8/h7-8,11-12H,1-6H2. The Morgan fingerprint density at radius 2 is 2.43 bits per heavy atom. The maximum atomic E-state index is 10.7. The monoisotopic (exact) mass is 196 g/mol. The van der Waals surface area contributed by atoms with Crippen molar-refractivity contribution in [3.05, 3.63) is 22.2 Å². The zero-order valence-electron chi connectivity index (χ0n) is 8.21. The number of aromatic nitrogens is 1. The summed E-state index contributed by atoms with van der Waals surface area (Å²) in [5.74, 6) is 0. The van der Waals surface area contributed by atoms with Crippen LogP contribution < -0.4 is 10.9 Å². The summed E-state index contributed by atoms with van der Waals surface area (Å²) in [5.41, 5.74) is 0.624. The normalized spacial score (nSPS) is 22.4. The molecule has 4 nitrogen and oxygen atoms in total. The maximum Gasteiger partial charge on any atom is 0.357 e. The first kappa shape index (κ1) is 9.52. The highest BCUT2D eigenvalue weighted by Crippen LogP contribution is 2.11. The quantitative estimate of drug-likeness (QED) is 0.759. The Morgan fingerprint density at radius 1 is 1.50 bits per heavy atom. The van der Waals surface area contributed by atoms with Gasteiger partial charge in [0.25, 0.3) is 0 Å². The molecule has 78 valence electrons. The van der Waals surface area contributed by atoms with E-state index in [1.165, 1.54) is 25.3 Å². The predicted molar refractivity (Wildman–Crippen MR) is 53.3 cm³/mol. The first-order valence-corrected chi connectivity index (χ1v) is 5.25. The summed E-state index contributed by atoms with van der Waals surface area (Å²) in [6.45, 7) is 1.13. The molecule has 0 spiro atoms. The Kier molecular flexibility index (Phi) is 3.03. The van der Waals surface area contributed by atoms with Crippen LogP contribution in [0.3, 0.4) is 0 Å². The molecule has 1 fully saturated rings. The highest BCUT2D eigenvalue weighted by Gasteiger charge is 2.12. The molecule has 1 aliphatic heterocycles. The smallest absolute Gasteiger partial charge is 0.339 e. The number of H-pyrrole nitrogens is 1. The lowest BCUT2D eigenvalue weighted by molar-refractivity contribution is 0.366. The largest absolute Gasteiger partial charge is 0.357 e. The second-order valence-corrected chi connectivity index (χ2v) is 3.88. The maximum absolute atomic E-state index is 10.7. The van der Waals surface area contributed by atoms with Gasteiger partial charge in [0.2, 0.25) is 0 Å². The number of hydrogen-bond acceptors (Lipinski definition) is 3. The summed E-state index contributed by atoms with van der Waals surface area (Å²) in [4.78, 5) is 10.7. The van der Waals surface area contributed by atoms with Gasteiger partial charge < -0.3 is 9.84 Å². The lowest BCUT2D eigenvalue weighted by Gasteiger charge is -2.22. The number of piperidine rings is 1. The number of nitrogens with one attached hydrogen (secondary N) is 2. The summed E-state index contributed by atoms with van der Waals surface area (Å²) < 4.78 is 4.60. The molecular weight excluding hydrogens is 180 g/mol. The van der Waals surface area contributed by atoms with Crippen LogP contribution in [-0.4, -0.2) is 17.7 Å². The van der Waals surface area contributed by atoms with Gasteiger partial charge in [-0.15, -0.1) is 0 Å². The summed E-state index contributed by atoms with van der Waals surface area (Å²) in [5, 5.41) is 6.10. The van der Waals surface area contributed by atoms with Crippen molar-refractivity contribution >= 4 is 0 Å². The van der Waals surface area contributed by atoms with E-state index in [9.17, 15) is 4.79 Å².